The molecule has 0 saturated carbocycles. The minimum atomic E-state index is -3.84. The maximum atomic E-state index is 12.5. The molecule has 0 aliphatic carbocycles. The van der Waals surface area contributed by atoms with Crippen molar-refractivity contribution in [2.24, 2.45) is 0 Å². The van der Waals surface area contributed by atoms with Gasteiger partial charge in [-0.05, 0) is 23.8 Å². The molecule has 0 saturated heterocycles. The molecule has 0 heterocycles. The summed E-state index contributed by atoms with van der Waals surface area (Å²) in [6.45, 7) is -0.538. The van der Waals surface area contributed by atoms with Crippen molar-refractivity contribution in [1.82, 2.24) is 10.0 Å². The van der Waals surface area contributed by atoms with Crippen LogP contribution in [0.1, 0.15) is 15.9 Å². The summed E-state index contributed by atoms with van der Waals surface area (Å²) >= 11 is 0. The Hall–Kier alpha value is -2.75. The number of carbonyl (C=O) groups is 2. The molecular formula is C18H20N2O6S. The van der Waals surface area contributed by atoms with Gasteiger partial charge in [0, 0.05) is 12.1 Å². The summed E-state index contributed by atoms with van der Waals surface area (Å²) in [5.41, 5.74) is 0.818. The van der Waals surface area contributed by atoms with Crippen LogP contribution in [-0.4, -0.2) is 45.2 Å². The van der Waals surface area contributed by atoms with Crippen molar-refractivity contribution < 1.29 is 27.9 Å². The molecule has 0 fully saturated rings. The van der Waals surface area contributed by atoms with Crippen molar-refractivity contribution in [3.63, 3.8) is 0 Å². The smallest absolute Gasteiger partial charge is 0.330 e. The van der Waals surface area contributed by atoms with Crippen molar-refractivity contribution >= 4 is 21.9 Å². The highest BCUT2D eigenvalue weighted by atomic mass is 32.2. The second kappa shape index (κ2) is 9.26. The molecule has 8 nitrogen and oxygen atoms in total. The Morgan fingerprint density at radius 2 is 1.81 bits per heavy atom. The third kappa shape index (κ3) is 5.61. The molecule has 2 aromatic carbocycles. The molecule has 0 spiro atoms. The second-order valence-electron chi connectivity index (χ2n) is 5.57. The zero-order valence-corrected chi connectivity index (χ0v) is 15.4. The predicted octanol–water partition coefficient (Wildman–Crippen LogP) is 0.429. The Balaban J connectivity index is 2.13. The van der Waals surface area contributed by atoms with E-state index < -0.39 is 34.5 Å². The summed E-state index contributed by atoms with van der Waals surface area (Å²) in [6, 6.07) is 13.1. The zero-order valence-electron chi connectivity index (χ0n) is 14.6. The van der Waals surface area contributed by atoms with E-state index in [1.165, 1.54) is 24.3 Å². The van der Waals surface area contributed by atoms with Crippen molar-refractivity contribution in [3.8, 4) is 0 Å². The van der Waals surface area contributed by atoms with E-state index in [0.717, 1.165) is 12.7 Å². The van der Waals surface area contributed by atoms with Crippen LogP contribution in [0.2, 0.25) is 0 Å². The maximum absolute atomic E-state index is 12.5. The van der Waals surface area contributed by atoms with Crippen LogP contribution in [0.3, 0.4) is 0 Å². The number of esters is 1. The third-order valence-corrected chi connectivity index (χ3v) is 5.09. The van der Waals surface area contributed by atoms with Crippen LogP contribution in [0.5, 0.6) is 0 Å². The molecule has 1 amide bonds. The summed E-state index contributed by atoms with van der Waals surface area (Å²) in [5.74, 6) is -1.52. The first-order chi connectivity index (χ1) is 12.9. The zero-order chi connectivity index (χ0) is 19.9. The largest absolute Gasteiger partial charge is 0.467 e. The van der Waals surface area contributed by atoms with E-state index in [1.54, 1.807) is 24.3 Å². The second-order valence-corrected chi connectivity index (χ2v) is 7.34. The van der Waals surface area contributed by atoms with E-state index in [0.29, 0.717) is 0 Å². The fourth-order valence-electron chi connectivity index (χ4n) is 2.22. The lowest BCUT2D eigenvalue weighted by atomic mass is 10.2. The number of rotatable bonds is 8. The summed E-state index contributed by atoms with van der Waals surface area (Å²) < 4.78 is 31.8. The number of amides is 1. The summed E-state index contributed by atoms with van der Waals surface area (Å²) in [4.78, 5) is 23.6. The maximum Gasteiger partial charge on any atom is 0.330 e. The molecular weight excluding hydrogens is 372 g/mol. The Labute approximate surface area is 157 Å². The van der Waals surface area contributed by atoms with Crippen molar-refractivity contribution in [2.45, 2.75) is 17.5 Å². The first kappa shape index (κ1) is 20.6. The summed E-state index contributed by atoms with van der Waals surface area (Å²) in [5, 5.41) is 11.5. The number of hydrogen-bond acceptors (Lipinski definition) is 6. The molecule has 2 aromatic rings. The first-order valence-corrected chi connectivity index (χ1v) is 9.49. The molecule has 0 bridgehead atoms. The highest BCUT2D eigenvalue weighted by molar-refractivity contribution is 7.89. The number of benzene rings is 2. The number of methoxy groups -OCH3 is 1. The van der Waals surface area contributed by atoms with Gasteiger partial charge in [0.2, 0.25) is 10.0 Å². The monoisotopic (exact) mass is 392 g/mol. The molecule has 144 valence electrons. The molecule has 0 aromatic heterocycles. The van der Waals surface area contributed by atoms with Crippen LogP contribution < -0.4 is 10.0 Å². The van der Waals surface area contributed by atoms with Crippen LogP contribution in [0.4, 0.5) is 0 Å². The van der Waals surface area contributed by atoms with Gasteiger partial charge in [-0.25, -0.2) is 17.9 Å². The average Bonchev–Trinajstić information content (AvgIpc) is 2.70. The van der Waals surface area contributed by atoms with Crippen LogP contribution in [0.25, 0.3) is 0 Å². The fraction of sp³-hybridized carbons (Fsp3) is 0.222. The van der Waals surface area contributed by atoms with Crippen LogP contribution in [0.15, 0.2) is 59.5 Å². The van der Waals surface area contributed by atoms with Gasteiger partial charge in [-0.1, -0.05) is 36.4 Å². The van der Waals surface area contributed by atoms with Gasteiger partial charge in [0.25, 0.3) is 5.91 Å². The highest BCUT2D eigenvalue weighted by Gasteiger charge is 2.22. The van der Waals surface area contributed by atoms with Crippen molar-refractivity contribution in [1.29, 1.82) is 0 Å². The number of hydrogen-bond donors (Lipinski definition) is 3. The van der Waals surface area contributed by atoms with Gasteiger partial charge in [0.1, 0.15) is 0 Å². The number of sulfonamides is 1. The van der Waals surface area contributed by atoms with Gasteiger partial charge < -0.3 is 15.2 Å². The Morgan fingerprint density at radius 1 is 1.11 bits per heavy atom. The molecule has 0 aliphatic heterocycles. The van der Waals surface area contributed by atoms with Gasteiger partial charge in [0.15, 0.2) is 6.04 Å². The van der Waals surface area contributed by atoms with Crippen LogP contribution in [-0.2, 0) is 26.1 Å². The SMILES string of the molecule is COC(=O)[C@H](CO)NC(=O)c1cccc(S(=O)(=O)NCc2ccccc2)c1. The normalized spacial score (nSPS) is 12.2. The van der Waals surface area contributed by atoms with Crippen molar-refractivity contribution in [3.05, 3.63) is 65.7 Å². The Bertz CT molecular complexity index is 899. The average molecular weight is 392 g/mol. The van der Waals surface area contributed by atoms with Gasteiger partial charge in [0.05, 0.1) is 18.6 Å². The van der Waals surface area contributed by atoms with Crippen LogP contribution in [0, 0.1) is 0 Å². The first-order valence-electron chi connectivity index (χ1n) is 8.00. The Kier molecular flexibility index (Phi) is 7.05. The van der Waals surface area contributed by atoms with Gasteiger partial charge in [-0.2, -0.15) is 0 Å². The van der Waals surface area contributed by atoms with E-state index in [-0.39, 0.29) is 17.0 Å². The molecule has 0 unspecified atom stereocenters. The summed E-state index contributed by atoms with van der Waals surface area (Å²) in [7, 11) is -2.71. The molecule has 3 N–H and O–H groups in total. The van der Waals surface area contributed by atoms with Gasteiger partial charge in [-0.3, -0.25) is 4.79 Å². The van der Waals surface area contributed by atoms with E-state index in [2.05, 4.69) is 14.8 Å². The van der Waals surface area contributed by atoms with E-state index in [9.17, 15) is 18.0 Å². The predicted molar refractivity (Wildman–Crippen MR) is 97.3 cm³/mol. The topological polar surface area (TPSA) is 122 Å². The lowest BCUT2D eigenvalue weighted by Crippen LogP contribution is -2.44. The molecule has 0 aliphatic rings. The molecule has 0 radical (unpaired) electrons. The highest BCUT2D eigenvalue weighted by Crippen LogP contribution is 2.13. The molecule has 9 heteroatoms. The lowest BCUT2D eigenvalue weighted by Gasteiger charge is -2.14. The van der Waals surface area contributed by atoms with Crippen LogP contribution >= 0.6 is 0 Å². The Morgan fingerprint density at radius 3 is 2.44 bits per heavy atom. The molecule has 1 atom stereocenters. The quantitative estimate of drug-likeness (QED) is 0.560. The number of nitrogens with one attached hydrogen (secondary N) is 2. The molecule has 27 heavy (non-hydrogen) atoms. The van der Waals surface area contributed by atoms with Crippen molar-refractivity contribution in [2.75, 3.05) is 13.7 Å². The number of aliphatic hydroxyl groups excluding tert-OH is 1. The lowest BCUT2D eigenvalue weighted by molar-refractivity contribution is -0.143. The fourth-order valence-corrected chi connectivity index (χ4v) is 3.29. The van der Waals surface area contributed by atoms with E-state index in [4.69, 9.17) is 5.11 Å². The minimum absolute atomic E-state index is 0.0277. The minimum Gasteiger partial charge on any atom is -0.467 e. The summed E-state index contributed by atoms with van der Waals surface area (Å²) in [6.07, 6.45) is 0. The molecule has 2 rings (SSSR count). The van der Waals surface area contributed by atoms with Gasteiger partial charge in [-0.15, -0.1) is 0 Å². The number of carbonyl (C=O) groups excluding carboxylic acids is 2. The number of ether oxygens (including phenoxy) is 1. The van der Waals surface area contributed by atoms with E-state index in [1.807, 2.05) is 6.07 Å². The number of aliphatic hydroxyl groups is 1. The van der Waals surface area contributed by atoms with Gasteiger partial charge >= 0.3 is 5.97 Å². The standard InChI is InChI=1S/C18H20N2O6S/c1-26-18(23)16(12-21)20-17(22)14-8-5-9-15(10-14)27(24,25)19-11-13-6-3-2-4-7-13/h2-10,16,19,21H,11-12H2,1H3,(H,20,22)/t16-/m0/s1. The third-order valence-electron chi connectivity index (χ3n) is 3.69. The van der Waals surface area contributed by atoms with E-state index >= 15 is 0 Å².